The maximum absolute atomic E-state index is 14.2. The van der Waals surface area contributed by atoms with Crippen LogP contribution in [0, 0.1) is 24.4 Å². The number of nitrogens with one attached hydrogen (secondary N) is 2. The second-order valence-corrected chi connectivity index (χ2v) is 5.30. The number of hydrogen-bond donors (Lipinski definition) is 4. The Morgan fingerprint density at radius 1 is 1.31 bits per heavy atom. The van der Waals surface area contributed by atoms with Crippen LogP contribution in [0.25, 0.3) is 0 Å². The van der Waals surface area contributed by atoms with E-state index < -0.39 is 53.9 Å². The van der Waals surface area contributed by atoms with Gasteiger partial charge >= 0.3 is 0 Å². The zero-order valence-electron chi connectivity index (χ0n) is 13.6. The molecule has 140 valence electrons. The molecule has 4 N–H and O–H groups in total. The van der Waals surface area contributed by atoms with Gasteiger partial charge in [0.25, 0.3) is 5.91 Å². The number of nitrogens with zero attached hydrogens (tertiary/aromatic N) is 1. The molecule has 0 radical (unpaired) electrons. The molecular formula is C16H16F3N3O4. The van der Waals surface area contributed by atoms with Crippen LogP contribution in [0.1, 0.15) is 16.1 Å². The van der Waals surface area contributed by atoms with Crippen LogP contribution >= 0.6 is 0 Å². The summed E-state index contributed by atoms with van der Waals surface area (Å²) < 4.78 is 41.3. The maximum Gasteiger partial charge on any atom is 0.277 e. The first-order valence-electron chi connectivity index (χ1n) is 7.41. The number of amides is 1. The molecule has 0 aliphatic heterocycles. The van der Waals surface area contributed by atoms with E-state index in [0.717, 1.165) is 0 Å². The Balaban J connectivity index is 2.29. The van der Waals surface area contributed by atoms with Gasteiger partial charge in [-0.1, -0.05) is 0 Å². The number of aliphatic hydroxyl groups excluding tert-OH is 2. The number of anilines is 2. The van der Waals surface area contributed by atoms with Crippen molar-refractivity contribution in [1.82, 2.24) is 10.5 Å². The summed E-state index contributed by atoms with van der Waals surface area (Å²) in [6.45, 7) is 0.654. The Bertz CT molecular complexity index is 787. The molecule has 1 amide bonds. The van der Waals surface area contributed by atoms with Gasteiger partial charge in [-0.3, -0.25) is 14.6 Å². The van der Waals surface area contributed by atoms with Crippen LogP contribution in [0.2, 0.25) is 0 Å². The number of aromatic nitrogens is 1. The van der Waals surface area contributed by atoms with Crippen LogP contribution in [0.15, 0.2) is 24.4 Å². The maximum atomic E-state index is 14.2. The van der Waals surface area contributed by atoms with Gasteiger partial charge in [-0.15, -0.1) is 0 Å². The average Bonchev–Trinajstić information content (AvgIpc) is 2.63. The number of hydroxylamine groups is 1. The quantitative estimate of drug-likeness (QED) is 0.435. The summed E-state index contributed by atoms with van der Waals surface area (Å²) >= 11 is 0. The molecular weight excluding hydrogens is 355 g/mol. The molecule has 10 heteroatoms. The molecule has 0 saturated heterocycles. The fourth-order valence-corrected chi connectivity index (χ4v) is 1.89. The number of rotatable bonds is 7. The van der Waals surface area contributed by atoms with Crippen LogP contribution in [0.3, 0.4) is 0 Å². The SMILES string of the molecule is Cc1ccc(Nc2c(C(=O)NOCC(O)CO)cc(F)c(F)c2F)cn1. The van der Waals surface area contributed by atoms with Gasteiger partial charge in [0.15, 0.2) is 17.5 Å². The highest BCUT2D eigenvalue weighted by atomic mass is 19.2. The van der Waals surface area contributed by atoms with Gasteiger partial charge in [0.2, 0.25) is 0 Å². The third kappa shape index (κ3) is 4.69. The molecule has 2 aromatic rings. The minimum Gasteiger partial charge on any atom is -0.394 e. The van der Waals surface area contributed by atoms with Gasteiger partial charge in [0, 0.05) is 5.69 Å². The molecule has 26 heavy (non-hydrogen) atoms. The second-order valence-electron chi connectivity index (χ2n) is 5.30. The number of aryl methyl sites for hydroxylation is 1. The van der Waals surface area contributed by atoms with Crippen molar-refractivity contribution in [3.63, 3.8) is 0 Å². The number of carbonyl (C=O) groups excluding carboxylic acids is 1. The average molecular weight is 371 g/mol. The predicted molar refractivity (Wildman–Crippen MR) is 85.1 cm³/mol. The fraction of sp³-hybridized carbons (Fsp3) is 0.250. The third-order valence-corrected chi connectivity index (χ3v) is 3.24. The van der Waals surface area contributed by atoms with E-state index in [1.54, 1.807) is 13.0 Å². The number of pyridine rings is 1. The van der Waals surface area contributed by atoms with Crippen molar-refractivity contribution in [2.75, 3.05) is 18.5 Å². The molecule has 0 fully saturated rings. The molecule has 0 aliphatic carbocycles. The minimum atomic E-state index is -1.75. The number of aliphatic hydroxyl groups is 2. The van der Waals surface area contributed by atoms with E-state index in [0.29, 0.717) is 11.8 Å². The lowest BCUT2D eigenvalue weighted by molar-refractivity contribution is -0.0295. The van der Waals surface area contributed by atoms with Crippen molar-refractivity contribution in [3.8, 4) is 0 Å². The van der Waals surface area contributed by atoms with Crippen molar-refractivity contribution in [2.24, 2.45) is 0 Å². The van der Waals surface area contributed by atoms with Gasteiger partial charge in [-0.2, -0.15) is 0 Å². The van der Waals surface area contributed by atoms with Crippen molar-refractivity contribution >= 4 is 17.3 Å². The molecule has 1 unspecified atom stereocenters. The third-order valence-electron chi connectivity index (χ3n) is 3.24. The highest BCUT2D eigenvalue weighted by Gasteiger charge is 2.23. The Labute approximate surface area is 146 Å². The first kappa shape index (κ1) is 19.6. The zero-order valence-corrected chi connectivity index (χ0v) is 13.6. The smallest absolute Gasteiger partial charge is 0.277 e. The molecule has 0 aliphatic rings. The summed E-state index contributed by atoms with van der Waals surface area (Å²) in [7, 11) is 0. The highest BCUT2D eigenvalue weighted by Crippen LogP contribution is 2.28. The molecule has 1 atom stereocenters. The van der Waals surface area contributed by atoms with Crippen molar-refractivity contribution < 1.29 is 33.0 Å². The van der Waals surface area contributed by atoms with Crippen LogP contribution in [-0.4, -0.2) is 40.4 Å². The molecule has 1 aromatic heterocycles. The summed E-state index contributed by atoms with van der Waals surface area (Å²) in [6, 6.07) is 3.61. The molecule has 0 saturated carbocycles. The van der Waals surface area contributed by atoms with Crippen LogP contribution in [-0.2, 0) is 4.84 Å². The standard InChI is InChI=1S/C16H16F3N3O4/c1-8-2-3-9(5-20-8)21-15-11(4-12(17)13(18)14(15)19)16(25)22-26-7-10(24)6-23/h2-5,10,21,23-24H,6-7H2,1H3,(H,22,25). The highest BCUT2D eigenvalue weighted by molar-refractivity contribution is 6.00. The van der Waals surface area contributed by atoms with Crippen molar-refractivity contribution in [3.05, 3.63) is 53.1 Å². The predicted octanol–water partition coefficient (Wildman–Crippen LogP) is 1.57. The largest absolute Gasteiger partial charge is 0.394 e. The van der Waals surface area contributed by atoms with Crippen molar-refractivity contribution in [1.29, 1.82) is 0 Å². The van der Waals surface area contributed by atoms with E-state index in [1.807, 2.05) is 5.48 Å². The topological polar surface area (TPSA) is 104 Å². The fourth-order valence-electron chi connectivity index (χ4n) is 1.89. The first-order valence-corrected chi connectivity index (χ1v) is 7.41. The molecule has 2 rings (SSSR count). The lowest BCUT2D eigenvalue weighted by Gasteiger charge is -2.15. The van der Waals surface area contributed by atoms with E-state index in [2.05, 4.69) is 15.1 Å². The summed E-state index contributed by atoms with van der Waals surface area (Å²) in [5.41, 5.74) is 1.59. The summed E-state index contributed by atoms with van der Waals surface area (Å²) in [6.07, 6.45) is 0.0689. The monoisotopic (exact) mass is 371 g/mol. The minimum absolute atomic E-state index is 0.242. The molecule has 7 nitrogen and oxygen atoms in total. The molecule has 0 bridgehead atoms. The number of carbonyl (C=O) groups is 1. The van der Waals surface area contributed by atoms with Gasteiger partial charge in [0.1, 0.15) is 12.7 Å². The Morgan fingerprint density at radius 2 is 2.04 bits per heavy atom. The Morgan fingerprint density at radius 3 is 2.65 bits per heavy atom. The zero-order chi connectivity index (χ0) is 19.3. The van der Waals surface area contributed by atoms with Crippen LogP contribution < -0.4 is 10.8 Å². The lowest BCUT2D eigenvalue weighted by Crippen LogP contribution is -2.30. The summed E-state index contributed by atoms with van der Waals surface area (Å²) in [5, 5.41) is 20.2. The normalized spacial score (nSPS) is 11.9. The van der Waals surface area contributed by atoms with E-state index >= 15 is 0 Å². The van der Waals surface area contributed by atoms with Gasteiger partial charge in [0.05, 0.1) is 29.7 Å². The Kier molecular flexibility index (Phi) is 6.50. The summed E-state index contributed by atoms with van der Waals surface area (Å²) in [4.78, 5) is 20.7. The molecule has 0 spiro atoms. The number of benzene rings is 1. The van der Waals surface area contributed by atoms with Gasteiger partial charge in [-0.25, -0.2) is 18.7 Å². The molecule has 1 heterocycles. The van der Waals surface area contributed by atoms with Crippen molar-refractivity contribution in [2.45, 2.75) is 13.0 Å². The van der Waals surface area contributed by atoms with E-state index in [4.69, 9.17) is 10.2 Å². The first-order chi connectivity index (χ1) is 12.3. The number of hydrogen-bond acceptors (Lipinski definition) is 6. The van der Waals surface area contributed by atoms with Gasteiger partial charge < -0.3 is 15.5 Å². The number of halogens is 3. The second kappa shape index (κ2) is 8.61. The van der Waals surface area contributed by atoms with E-state index in [-0.39, 0.29) is 5.69 Å². The molecule has 1 aromatic carbocycles. The van der Waals surface area contributed by atoms with Gasteiger partial charge in [-0.05, 0) is 25.1 Å². The lowest BCUT2D eigenvalue weighted by atomic mass is 10.1. The van der Waals surface area contributed by atoms with Crippen LogP contribution in [0.5, 0.6) is 0 Å². The Hall–Kier alpha value is -2.69. The van der Waals surface area contributed by atoms with E-state index in [1.165, 1.54) is 12.3 Å². The summed E-state index contributed by atoms with van der Waals surface area (Å²) in [5.74, 6) is -5.99. The van der Waals surface area contributed by atoms with Crippen LogP contribution in [0.4, 0.5) is 24.5 Å². The van der Waals surface area contributed by atoms with E-state index in [9.17, 15) is 18.0 Å².